The normalized spacial score (nSPS) is 10.8. The first kappa shape index (κ1) is 17.8. The van der Waals surface area contributed by atoms with Crippen LogP contribution in [0.15, 0.2) is 72.0 Å². The molecular formula is C20H19FN4S. The Morgan fingerprint density at radius 2 is 1.88 bits per heavy atom. The summed E-state index contributed by atoms with van der Waals surface area (Å²) in [7, 11) is 0. The van der Waals surface area contributed by atoms with Gasteiger partial charge in [-0.2, -0.15) is 5.10 Å². The van der Waals surface area contributed by atoms with Crippen molar-refractivity contribution in [3.05, 3.63) is 89.5 Å². The van der Waals surface area contributed by atoms with Gasteiger partial charge in [0.1, 0.15) is 5.82 Å². The number of hydrogen-bond donors (Lipinski definition) is 2. The fourth-order valence-corrected chi connectivity index (χ4v) is 2.66. The van der Waals surface area contributed by atoms with Gasteiger partial charge in [-0.15, -0.1) is 0 Å². The van der Waals surface area contributed by atoms with E-state index >= 15 is 0 Å². The second-order valence-electron chi connectivity index (χ2n) is 5.83. The summed E-state index contributed by atoms with van der Waals surface area (Å²) in [6.45, 7) is 2.65. The number of nitrogens with one attached hydrogen (secondary N) is 2. The summed E-state index contributed by atoms with van der Waals surface area (Å²) in [5.74, 6) is -0.234. The molecule has 0 saturated carbocycles. The van der Waals surface area contributed by atoms with E-state index in [0.29, 0.717) is 11.7 Å². The number of hydrogen-bond acceptors (Lipinski definition) is 2. The maximum absolute atomic E-state index is 13.0. The topological polar surface area (TPSA) is 41.4 Å². The molecule has 3 rings (SSSR count). The molecule has 0 atom stereocenters. The Morgan fingerprint density at radius 3 is 2.65 bits per heavy atom. The summed E-state index contributed by atoms with van der Waals surface area (Å²) in [5.41, 5.74) is 6.80. The monoisotopic (exact) mass is 366 g/mol. The number of halogens is 1. The highest BCUT2D eigenvalue weighted by Crippen LogP contribution is 2.12. The van der Waals surface area contributed by atoms with E-state index in [9.17, 15) is 4.39 Å². The predicted molar refractivity (Wildman–Crippen MR) is 108 cm³/mol. The van der Waals surface area contributed by atoms with Gasteiger partial charge in [0.25, 0.3) is 0 Å². The highest BCUT2D eigenvalue weighted by atomic mass is 32.1. The summed E-state index contributed by atoms with van der Waals surface area (Å²) in [6, 6.07) is 18.3. The first-order valence-electron chi connectivity index (χ1n) is 8.17. The van der Waals surface area contributed by atoms with Crippen LogP contribution in [-0.4, -0.2) is 15.9 Å². The van der Waals surface area contributed by atoms with E-state index in [1.54, 1.807) is 18.3 Å². The van der Waals surface area contributed by atoms with E-state index in [1.807, 2.05) is 54.1 Å². The summed E-state index contributed by atoms with van der Waals surface area (Å²) in [5, 5.41) is 7.73. The molecule has 2 aromatic carbocycles. The SMILES string of the molecule is Cc1ccccc1NC(=S)N/N=C/c1cccn1Cc1ccc(F)cc1. The molecule has 0 fully saturated rings. The van der Waals surface area contributed by atoms with Crippen molar-refractivity contribution in [3.63, 3.8) is 0 Å². The zero-order valence-electron chi connectivity index (χ0n) is 14.3. The lowest BCUT2D eigenvalue weighted by atomic mass is 10.2. The zero-order chi connectivity index (χ0) is 18.4. The van der Waals surface area contributed by atoms with Crippen molar-refractivity contribution in [1.82, 2.24) is 9.99 Å². The zero-order valence-corrected chi connectivity index (χ0v) is 15.1. The molecule has 6 heteroatoms. The van der Waals surface area contributed by atoms with Crippen molar-refractivity contribution in [1.29, 1.82) is 0 Å². The van der Waals surface area contributed by atoms with Crippen LogP contribution in [0.5, 0.6) is 0 Å². The molecule has 1 aromatic heterocycles. The first-order valence-corrected chi connectivity index (χ1v) is 8.58. The van der Waals surface area contributed by atoms with Gasteiger partial charge in [-0.3, -0.25) is 5.43 Å². The maximum Gasteiger partial charge on any atom is 0.191 e. The number of para-hydroxylation sites is 1. The summed E-state index contributed by atoms with van der Waals surface area (Å²) >= 11 is 5.26. The molecule has 1 heterocycles. The maximum atomic E-state index is 13.0. The molecule has 0 aliphatic heterocycles. The summed E-state index contributed by atoms with van der Waals surface area (Å²) < 4.78 is 15.0. The number of anilines is 1. The van der Waals surface area contributed by atoms with Crippen molar-refractivity contribution >= 4 is 29.2 Å². The van der Waals surface area contributed by atoms with E-state index in [0.717, 1.165) is 22.5 Å². The van der Waals surface area contributed by atoms with E-state index in [4.69, 9.17) is 12.2 Å². The number of nitrogens with zero attached hydrogens (tertiary/aromatic N) is 2. The van der Waals surface area contributed by atoms with Gasteiger partial charge in [0.15, 0.2) is 5.11 Å². The van der Waals surface area contributed by atoms with Crippen LogP contribution in [0.2, 0.25) is 0 Å². The van der Waals surface area contributed by atoms with Crippen LogP contribution >= 0.6 is 12.2 Å². The van der Waals surface area contributed by atoms with Crippen molar-refractivity contribution in [3.8, 4) is 0 Å². The molecule has 0 spiro atoms. The molecule has 26 heavy (non-hydrogen) atoms. The molecule has 0 aliphatic carbocycles. The molecule has 132 valence electrons. The molecule has 0 radical (unpaired) electrons. The third-order valence-corrected chi connectivity index (χ3v) is 4.08. The van der Waals surface area contributed by atoms with Crippen molar-refractivity contribution < 1.29 is 4.39 Å². The minimum atomic E-state index is -0.234. The van der Waals surface area contributed by atoms with Gasteiger partial charge in [-0.1, -0.05) is 30.3 Å². The molecular weight excluding hydrogens is 347 g/mol. The lowest BCUT2D eigenvalue weighted by Gasteiger charge is -2.09. The lowest BCUT2D eigenvalue weighted by molar-refractivity contribution is 0.626. The van der Waals surface area contributed by atoms with Gasteiger partial charge in [0.05, 0.1) is 11.9 Å². The van der Waals surface area contributed by atoms with E-state index < -0.39 is 0 Å². The highest BCUT2D eigenvalue weighted by Gasteiger charge is 2.01. The Morgan fingerprint density at radius 1 is 1.12 bits per heavy atom. The molecule has 0 aliphatic rings. The van der Waals surface area contributed by atoms with Crippen molar-refractivity contribution in [2.45, 2.75) is 13.5 Å². The average Bonchev–Trinajstić information content (AvgIpc) is 3.06. The van der Waals surface area contributed by atoms with Crippen LogP contribution in [-0.2, 0) is 6.54 Å². The first-order chi connectivity index (χ1) is 12.6. The van der Waals surface area contributed by atoms with Crippen LogP contribution in [0.25, 0.3) is 0 Å². The molecule has 0 saturated heterocycles. The van der Waals surface area contributed by atoms with Gasteiger partial charge in [-0.25, -0.2) is 4.39 Å². The third-order valence-electron chi connectivity index (χ3n) is 3.89. The molecule has 2 N–H and O–H groups in total. The van der Waals surface area contributed by atoms with Crippen LogP contribution in [0.4, 0.5) is 10.1 Å². The predicted octanol–water partition coefficient (Wildman–Crippen LogP) is 4.30. The van der Waals surface area contributed by atoms with Crippen LogP contribution in [0, 0.1) is 12.7 Å². The van der Waals surface area contributed by atoms with Gasteiger partial charge in [-0.05, 0) is 60.6 Å². The summed E-state index contributed by atoms with van der Waals surface area (Å²) in [6.07, 6.45) is 3.66. The fraction of sp³-hybridized carbons (Fsp3) is 0.100. The minimum Gasteiger partial charge on any atom is -0.342 e. The second-order valence-corrected chi connectivity index (χ2v) is 6.23. The largest absolute Gasteiger partial charge is 0.342 e. The van der Waals surface area contributed by atoms with Gasteiger partial charge in [0.2, 0.25) is 0 Å². The smallest absolute Gasteiger partial charge is 0.191 e. The quantitative estimate of drug-likeness (QED) is 0.402. The Balaban J connectivity index is 1.59. The highest BCUT2D eigenvalue weighted by molar-refractivity contribution is 7.80. The molecule has 4 nitrogen and oxygen atoms in total. The number of aryl methyl sites for hydroxylation is 1. The van der Waals surface area contributed by atoms with E-state index in [2.05, 4.69) is 15.8 Å². The molecule has 0 unspecified atom stereocenters. The number of benzene rings is 2. The Labute approximate surface area is 157 Å². The molecule has 0 bridgehead atoms. The van der Waals surface area contributed by atoms with E-state index in [-0.39, 0.29) is 5.82 Å². The number of rotatable bonds is 5. The van der Waals surface area contributed by atoms with Crippen LogP contribution in [0.3, 0.4) is 0 Å². The molecule has 0 amide bonds. The van der Waals surface area contributed by atoms with Crippen molar-refractivity contribution in [2.75, 3.05) is 5.32 Å². The summed E-state index contributed by atoms with van der Waals surface area (Å²) in [4.78, 5) is 0. The van der Waals surface area contributed by atoms with Gasteiger partial charge >= 0.3 is 0 Å². The van der Waals surface area contributed by atoms with Crippen LogP contribution in [0.1, 0.15) is 16.8 Å². The Bertz CT molecular complexity index is 916. The Kier molecular flexibility index (Phi) is 5.76. The van der Waals surface area contributed by atoms with Gasteiger partial charge in [0, 0.05) is 18.4 Å². The lowest BCUT2D eigenvalue weighted by Crippen LogP contribution is -2.24. The fourth-order valence-electron chi connectivity index (χ4n) is 2.50. The number of thiocarbonyl (C=S) groups is 1. The Hall–Kier alpha value is -2.99. The number of hydrazone groups is 1. The van der Waals surface area contributed by atoms with Gasteiger partial charge < -0.3 is 9.88 Å². The second kappa shape index (κ2) is 8.40. The van der Waals surface area contributed by atoms with Crippen molar-refractivity contribution in [2.24, 2.45) is 5.10 Å². The van der Waals surface area contributed by atoms with Crippen LogP contribution < -0.4 is 10.7 Å². The van der Waals surface area contributed by atoms with E-state index in [1.165, 1.54) is 12.1 Å². The number of aromatic nitrogens is 1. The minimum absolute atomic E-state index is 0.234. The third kappa shape index (κ3) is 4.77. The average molecular weight is 366 g/mol. The molecule has 3 aromatic rings. The standard InChI is InChI=1S/C20H19FN4S/c1-15-5-2-3-7-19(15)23-20(26)24-22-13-18-6-4-12-25(18)14-16-8-10-17(21)11-9-16/h2-13H,14H2,1H3,(H2,23,24,26)/b22-13+.